The molecular formula is C58H40O2. The molecule has 0 aliphatic carbocycles. The molecule has 2 heteroatoms. The fourth-order valence-electron chi connectivity index (χ4n) is 6.36. The van der Waals surface area contributed by atoms with E-state index in [1.165, 1.54) is 0 Å². The van der Waals surface area contributed by atoms with Crippen LogP contribution in [0, 0.1) is 61.2 Å². The summed E-state index contributed by atoms with van der Waals surface area (Å²) in [6, 6.07) is 62.6. The molecule has 284 valence electrons. The van der Waals surface area contributed by atoms with E-state index < -0.39 is 0 Å². The quantitative estimate of drug-likeness (QED) is 0.172. The van der Waals surface area contributed by atoms with Crippen LogP contribution in [-0.4, -0.2) is 10.2 Å². The first kappa shape index (κ1) is 39.8. The molecule has 0 amide bonds. The number of aromatic hydroxyl groups is 2. The van der Waals surface area contributed by atoms with E-state index >= 15 is 0 Å². The zero-order valence-corrected chi connectivity index (χ0v) is 33.4. The highest BCUT2D eigenvalue weighted by atomic mass is 16.3. The Morgan fingerprint density at radius 3 is 1.08 bits per heavy atom. The van der Waals surface area contributed by atoms with E-state index in [4.69, 9.17) is 0 Å². The Hall–Kier alpha value is -8.40. The van der Waals surface area contributed by atoms with Crippen LogP contribution in [0.1, 0.15) is 55.6 Å². The van der Waals surface area contributed by atoms with E-state index in [0.717, 1.165) is 77.9 Å². The normalized spacial score (nSPS) is 9.77. The summed E-state index contributed by atoms with van der Waals surface area (Å²) in [7, 11) is 0. The lowest BCUT2D eigenvalue weighted by molar-refractivity contribution is 0.475. The molecule has 0 aliphatic rings. The molecule has 0 radical (unpaired) electrons. The molecule has 0 atom stereocenters. The molecule has 2 nitrogen and oxygen atoms in total. The highest BCUT2D eigenvalue weighted by Crippen LogP contribution is 2.32. The monoisotopic (exact) mass is 768 g/mol. The molecule has 0 saturated carbocycles. The molecule has 0 heterocycles. The third kappa shape index (κ3) is 10.9. The van der Waals surface area contributed by atoms with Crippen molar-refractivity contribution in [2.24, 2.45) is 0 Å². The molecule has 0 aliphatic heterocycles. The predicted molar refractivity (Wildman–Crippen MR) is 246 cm³/mol. The maximum atomic E-state index is 10.2. The van der Waals surface area contributed by atoms with Gasteiger partial charge in [-0.25, -0.2) is 0 Å². The molecule has 0 saturated heterocycles. The van der Waals surface area contributed by atoms with E-state index in [9.17, 15) is 10.2 Å². The van der Waals surface area contributed by atoms with Crippen LogP contribution in [0.25, 0.3) is 22.3 Å². The van der Waals surface area contributed by atoms with Crippen molar-refractivity contribution in [3.63, 3.8) is 0 Å². The van der Waals surface area contributed by atoms with E-state index in [-0.39, 0.29) is 11.5 Å². The van der Waals surface area contributed by atoms with Crippen molar-refractivity contribution < 1.29 is 10.2 Å². The second-order valence-electron chi connectivity index (χ2n) is 14.0. The van der Waals surface area contributed by atoms with Gasteiger partial charge in [-0.1, -0.05) is 150 Å². The van der Waals surface area contributed by atoms with Gasteiger partial charge in [-0.2, -0.15) is 0 Å². The molecule has 0 fully saturated rings. The summed E-state index contributed by atoms with van der Waals surface area (Å²) in [5.41, 5.74) is 13.3. The van der Waals surface area contributed by atoms with Crippen LogP contribution in [0.2, 0.25) is 0 Å². The molecule has 8 aromatic rings. The Balaban J connectivity index is 0.000000181. The van der Waals surface area contributed by atoms with Gasteiger partial charge in [-0.05, 0) is 133 Å². The minimum absolute atomic E-state index is 0.195. The number of phenols is 2. The lowest BCUT2D eigenvalue weighted by Gasteiger charge is -2.10. The summed E-state index contributed by atoms with van der Waals surface area (Å²) in [4.78, 5) is 0. The van der Waals surface area contributed by atoms with E-state index in [1.54, 1.807) is 24.3 Å². The second-order valence-corrected chi connectivity index (χ2v) is 14.0. The van der Waals surface area contributed by atoms with Crippen LogP contribution in [-0.2, 0) is 0 Å². The summed E-state index contributed by atoms with van der Waals surface area (Å²) in [5, 5.41) is 20.2. The van der Waals surface area contributed by atoms with Gasteiger partial charge in [0.05, 0.1) is 0 Å². The van der Waals surface area contributed by atoms with E-state index in [0.29, 0.717) is 0 Å². The fraction of sp³-hybridized carbons (Fsp3) is 0.0345. The Kier molecular flexibility index (Phi) is 13.0. The van der Waals surface area contributed by atoms with Crippen LogP contribution in [0.4, 0.5) is 0 Å². The predicted octanol–water partition coefficient (Wildman–Crippen LogP) is 12.3. The largest absolute Gasteiger partial charge is 0.508 e. The molecule has 8 rings (SSSR count). The van der Waals surface area contributed by atoms with Crippen LogP contribution < -0.4 is 0 Å². The minimum atomic E-state index is 0.195. The Morgan fingerprint density at radius 1 is 0.267 bits per heavy atom. The van der Waals surface area contributed by atoms with E-state index in [2.05, 4.69) is 91.5 Å². The number of hydrogen-bond donors (Lipinski definition) is 2. The van der Waals surface area contributed by atoms with Gasteiger partial charge in [0.15, 0.2) is 0 Å². The first-order valence-electron chi connectivity index (χ1n) is 19.5. The van der Waals surface area contributed by atoms with Gasteiger partial charge in [-0.15, -0.1) is 0 Å². The zero-order chi connectivity index (χ0) is 41.5. The average molecular weight is 769 g/mol. The first-order chi connectivity index (χ1) is 29.4. The highest BCUT2D eigenvalue weighted by Gasteiger charge is 2.11. The lowest BCUT2D eigenvalue weighted by atomic mass is 9.93. The highest BCUT2D eigenvalue weighted by molar-refractivity contribution is 5.80. The standard InChI is InChI=1S/2C29H20O/c1-22-12-18-28(25(20-22)15-13-23-8-4-2-5-9-23)29-19-17-27(30)21-26(29)16-14-24-10-6-3-7-11-24;1-22-12-15-25(16-13-23-8-4-2-5-9-23)28(20-22)29-21-27(30)19-18-26(29)17-14-24-10-6-3-7-11-24/h2-12,17-21,30H,1H3;2-12,15,18-21,30H,1H3. The molecule has 0 unspecified atom stereocenters. The molecule has 2 N–H and O–H groups in total. The number of benzene rings is 8. The molecule has 0 bridgehead atoms. The summed E-state index contributed by atoms with van der Waals surface area (Å²) >= 11 is 0. The third-order valence-corrected chi connectivity index (χ3v) is 9.40. The first-order valence-corrected chi connectivity index (χ1v) is 19.5. The summed E-state index contributed by atoms with van der Waals surface area (Å²) in [6.45, 7) is 4.11. The lowest BCUT2D eigenvalue weighted by Crippen LogP contribution is -1.90. The van der Waals surface area contributed by atoms with Crippen molar-refractivity contribution in [1.82, 2.24) is 0 Å². The summed E-state index contributed by atoms with van der Waals surface area (Å²) in [5.74, 6) is 26.4. The average Bonchev–Trinajstić information content (AvgIpc) is 3.28. The summed E-state index contributed by atoms with van der Waals surface area (Å²) in [6.07, 6.45) is 0. The van der Waals surface area contributed by atoms with Crippen molar-refractivity contribution in [3.8, 4) is 81.1 Å². The maximum absolute atomic E-state index is 10.2. The Bertz CT molecular complexity index is 2800. The van der Waals surface area contributed by atoms with Gasteiger partial charge in [0.1, 0.15) is 11.5 Å². The SMILES string of the molecule is Cc1ccc(-c2ccc(O)cc2C#Cc2ccccc2)c(C#Cc2ccccc2)c1.Cc1ccc(C#Cc2ccccc2)c(-c2cc(O)ccc2C#Cc2ccccc2)c1. The molecular weight excluding hydrogens is 729 g/mol. The van der Waals surface area contributed by atoms with Gasteiger partial charge in [-0.3, -0.25) is 0 Å². The van der Waals surface area contributed by atoms with Crippen LogP contribution >= 0.6 is 0 Å². The number of rotatable bonds is 2. The third-order valence-electron chi connectivity index (χ3n) is 9.40. The van der Waals surface area contributed by atoms with Crippen molar-refractivity contribution in [3.05, 3.63) is 250 Å². The zero-order valence-electron chi connectivity index (χ0n) is 33.4. The second kappa shape index (κ2) is 19.6. The van der Waals surface area contributed by atoms with Gasteiger partial charge in [0.2, 0.25) is 0 Å². The van der Waals surface area contributed by atoms with Crippen molar-refractivity contribution in [2.45, 2.75) is 13.8 Å². The maximum Gasteiger partial charge on any atom is 0.116 e. The number of phenolic OH excluding ortho intramolecular Hbond substituents is 2. The molecule has 60 heavy (non-hydrogen) atoms. The van der Waals surface area contributed by atoms with Crippen LogP contribution in [0.15, 0.2) is 194 Å². The number of aryl methyl sites for hydroxylation is 2. The Morgan fingerprint density at radius 2 is 0.600 bits per heavy atom. The molecule has 8 aromatic carbocycles. The minimum Gasteiger partial charge on any atom is -0.508 e. The van der Waals surface area contributed by atoms with Crippen LogP contribution in [0.3, 0.4) is 0 Å². The smallest absolute Gasteiger partial charge is 0.116 e. The molecule has 0 aromatic heterocycles. The summed E-state index contributed by atoms with van der Waals surface area (Å²) < 4.78 is 0. The van der Waals surface area contributed by atoms with Crippen LogP contribution in [0.5, 0.6) is 11.5 Å². The van der Waals surface area contributed by atoms with Gasteiger partial charge in [0.25, 0.3) is 0 Å². The Labute approximate surface area is 353 Å². The van der Waals surface area contributed by atoms with Crippen molar-refractivity contribution >= 4 is 0 Å². The number of hydrogen-bond acceptors (Lipinski definition) is 2. The van der Waals surface area contributed by atoms with Gasteiger partial charge < -0.3 is 10.2 Å². The van der Waals surface area contributed by atoms with E-state index in [1.807, 2.05) is 140 Å². The van der Waals surface area contributed by atoms with Gasteiger partial charge in [0, 0.05) is 50.1 Å². The van der Waals surface area contributed by atoms with Crippen molar-refractivity contribution in [2.75, 3.05) is 0 Å². The topological polar surface area (TPSA) is 40.5 Å². The van der Waals surface area contributed by atoms with Crippen molar-refractivity contribution in [1.29, 1.82) is 0 Å². The fourth-order valence-corrected chi connectivity index (χ4v) is 6.36. The van der Waals surface area contributed by atoms with Gasteiger partial charge >= 0.3 is 0 Å². The molecule has 0 spiro atoms.